The Morgan fingerprint density at radius 3 is 2.56 bits per heavy atom. The number of aromatic nitrogens is 1. The van der Waals surface area contributed by atoms with Crippen LogP contribution in [0.4, 0.5) is 5.69 Å². The van der Waals surface area contributed by atoms with Gasteiger partial charge >= 0.3 is 0 Å². The van der Waals surface area contributed by atoms with E-state index in [9.17, 15) is 18.0 Å². The maximum absolute atomic E-state index is 13.1. The van der Waals surface area contributed by atoms with Crippen molar-refractivity contribution in [2.75, 3.05) is 11.8 Å². The molecule has 2 heterocycles. The van der Waals surface area contributed by atoms with E-state index in [0.717, 1.165) is 10.5 Å². The largest absolute Gasteiger partial charge is 0.495 e. The molecule has 2 amide bonds. The molecule has 0 unspecified atom stereocenters. The number of ether oxygens (including phenoxy) is 1. The van der Waals surface area contributed by atoms with Crippen LogP contribution in [0.5, 0.6) is 5.75 Å². The Morgan fingerprint density at radius 1 is 1.09 bits per heavy atom. The van der Waals surface area contributed by atoms with Gasteiger partial charge in [-0.2, -0.15) is 0 Å². The summed E-state index contributed by atoms with van der Waals surface area (Å²) >= 11 is 6.17. The smallest absolute Gasteiger partial charge is 0.280 e. The molecule has 1 aliphatic heterocycles. The van der Waals surface area contributed by atoms with E-state index in [1.54, 1.807) is 30.3 Å². The molecule has 164 valence electrons. The second-order valence-electron chi connectivity index (χ2n) is 7.17. The minimum atomic E-state index is -4.09. The number of halogens is 1. The standard InChI is InChI=1S/C22H18ClN3O5S/c1-13-5-7-17(16(23)10-13)25-32(29,30)19-11-14(6-8-18(19)31-2)12-26-21(27)15-4-3-9-24-20(15)22(26)28/h3-11,25H,12H2,1-2H3. The lowest BCUT2D eigenvalue weighted by Crippen LogP contribution is -2.29. The predicted molar refractivity (Wildman–Crippen MR) is 118 cm³/mol. The number of rotatable bonds is 6. The van der Waals surface area contributed by atoms with Crippen LogP contribution in [0.3, 0.4) is 0 Å². The van der Waals surface area contributed by atoms with E-state index in [1.165, 1.54) is 31.5 Å². The first-order valence-electron chi connectivity index (χ1n) is 9.48. The van der Waals surface area contributed by atoms with Gasteiger partial charge < -0.3 is 4.74 Å². The minimum absolute atomic E-state index is 0.0783. The van der Waals surface area contributed by atoms with Crippen LogP contribution in [-0.4, -0.2) is 37.2 Å². The van der Waals surface area contributed by atoms with Gasteiger partial charge in [0.2, 0.25) is 0 Å². The van der Waals surface area contributed by atoms with Gasteiger partial charge in [0.05, 0.1) is 29.9 Å². The molecular weight excluding hydrogens is 454 g/mol. The van der Waals surface area contributed by atoms with E-state index in [2.05, 4.69) is 9.71 Å². The molecule has 1 aliphatic rings. The lowest BCUT2D eigenvalue weighted by Gasteiger charge is -2.17. The normalized spacial score (nSPS) is 13.3. The Bertz CT molecular complexity index is 1320. The average molecular weight is 472 g/mol. The molecule has 2 aromatic carbocycles. The van der Waals surface area contributed by atoms with Gasteiger partial charge in [-0.15, -0.1) is 0 Å². The van der Waals surface area contributed by atoms with E-state index < -0.39 is 21.8 Å². The molecule has 1 aromatic heterocycles. The van der Waals surface area contributed by atoms with Crippen LogP contribution in [0.1, 0.15) is 32.0 Å². The fourth-order valence-electron chi connectivity index (χ4n) is 3.37. The van der Waals surface area contributed by atoms with E-state index in [4.69, 9.17) is 16.3 Å². The molecule has 0 saturated carbocycles. The first kappa shape index (κ1) is 21.8. The van der Waals surface area contributed by atoms with Gasteiger partial charge in [0.25, 0.3) is 21.8 Å². The van der Waals surface area contributed by atoms with Gasteiger partial charge in [-0.25, -0.2) is 8.42 Å². The molecular formula is C22H18ClN3O5S. The number of carbonyl (C=O) groups is 2. The molecule has 1 N–H and O–H groups in total. The maximum Gasteiger partial charge on any atom is 0.280 e. The molecule has 0 radical (unpaired) electrons. The fraction of sp³-hybridized carbons (Fsp3) is 0.136. The molecule has 0 spiro atoms. The van der Waals surface area contributed by atoms with Crippen molar-refractivity contribution in [3.63, 3.8) is 0 Å². The number of carbonyl (C=O) groups excluding carboxylic acids is 2. The van der Waals surface area contributed by atoms with Gasteiger partial charge in [0, 0.05) is 6.20 Å². The van der Waals surface area contributed by atoms with Crippen molar-refractivity contribution in [3.05, 3.63) is 82.1 Å². The third-order valence-corrected chi connectivity index (χ3v) is 6.66. The molecule has 0 fully saturated rings. The molecule has 3 aromatic rings. The maximum atomic E-state index is 13.1. The number of anilines is 1. The second-order valence-corrected chi connectivity index (χ2v) is 9.23. The van der Waals surface area contributed by atoms with Crippen molar-refractivity contribution < 1.29 is 22.7 Å². The number of nitrogens with one attached hydrogen (secondary N) is 1. The van der Waals surface area contributed by atoms with E-state index in [-0.39, 0.29) is 39.2 Å². The van der Waals surface area contributed by atoms with E-state index in [0.29, 0.717) is 5.56 Å². The Kier molecular flexibility index (Phi) is 5.62. The molecule has 0 bridgehead atoms. The molecule has 32 heavy (non-hydrogen) atoms. The summed E-state index contributed by atoms with van der Waals surface area (Å²) in [4.78, 5) is 30.1. The van der Waals surface area contributed by atoms with E-state index >= 15 is 0 Å². The van der Waals surface area contributed by atoms with Crippen LogP contribution in [0, 0.1) is 6.92 Å². The summed E-state index contributed by atoms with van der Waals surface area (Å²) < 4.78 is 33.9. The van der Waals surface area contributed by atoms with Gasteiger partial charge in [-0.1, -0.05) is 23.7 Å². The fourth-order valence-corrected chi connectivity index (χ4v) is 5.01. The Labute approximate surface area is 189 Å². The zero-order valence-electron chi connectivity index (χ0n) is 17.1. The predicted octanol–water partition coefficient (Wildman–Crippen LogP) is 3.65. The quantitative estimate of drug-likeness (QED) is 0.550. The summed E-state index contributed by atoms with van der Waals surface area (Å²) in [7, 11) is -2.74. The summed E-state index contributed by atoms with van der Waals surface area (Å²) in [5, 5.41) is 0.252. The highest BCUT2D eigenvalue weighted by molar-refractivity contribution is 7.92. The number of pyridine rings is 1. The molecule has 0 saturated heterocycles. The Morgan fingerprint density at radius 2 is 1.88 bits per heavy atom. The topological polar surface area (TPSA) is 106 Å². The van der Waals surface area contributed by atoms with Crippen molar-refractivity contribution in [1.82, 2.24) is 9.88 Å². The number of hydrogen-bond acceptors (Lipinski definition) is 6. The summed E-state index contributed by atoms with van der Waals surface area (Å²) in [6.07, 6.45) is 1.44. The first-order chi connectivity index (χ1) is 15.2. The number of amides is 2. The van der Waals surface area contributed by atoms with Crippen molar-refractivity contribution in [3.8, 4) is 5.75 Å². The highest BCUT2D eigenvalue weighted by Crippen LogP contribution is 2.31. The first-order valence-corrected chi connectivity index (χ1v) is 11.3. The zero-order valence-corrected chi connectivity index (χ0v) is 18.7. The van der Waals surface area contributed by atoms with Gasteiger partial charge in [-0.05, 0) is 54.4 Å². The third kappa shape index (κ3) is 3.92. The molecule has 0 aliphatic carbocycles. The van der Waals surface area contributed by atoms with Crippen LogP contribution in [0.25, 0.3) is 0 Å². The number of methoxy groups -OCH3 is 1. The number of fused-ring (bicyclic) bond motifs is 1. The summed E-state index contributed by atoms with van der Waals surface area (Å²) in [5.74, 6) is -0.910. The van der Waals surface area contributed by atoms with Crippen LogP contribution in [-0.2, 0) is 16.6 Å². The van der Waals surface area contributed by atoms with Crippen LogP contribution in [0.2, 0.25) is 5.02 Å². The molecule has 10 heteroatoms. The Balaban J connectivity index is 1.66. The number of imide groups is 1. The number of sulfonamides is 1. The Hall–Kier alpha value is -3.43. The zero-order chi connectivity index (χ0) is 23.0. The number of hydrogen-bond donors (Lipinski definition) is 1. The van der Waals surface area contributed by atoms with Crippen LogP contribution < -0.4 is 9.46 Å². The van der Waals surface area contributed by atoms with Gasteiger partial charge in [0.1, 0.15) is 16.3 Å². The molecule has 4 rings (SSSR count). The summed E-state index contributed by atoms with van der Waals surface area (Å²) in [6, 6.07) is 12.5. The van der Waals surface area contributed by atoms with Gasteiger partial charge in [-0.3, -0.25) is 24.2 Å². The monoisotopic (exact) mass is 471 g/mol. The highest BCUT2D eigenvalue weighted by atomic mass is 35.5. The second kappa shape index (κ2) is 8.25. The van der Waals surface area contributed by atoms with Crippen molar-refractivity contribution in [2.24, 2.45) is 0 Å². The lowest BCUT2D eigenvalue weighted by atomic mass is 10.2. The molecule has 8 nitrogen and oxygen atoms in total. The van der Waals surface area contributed by atoms with E-state index in [1.807, 2.05) is 6.92 Å². The van der Waals surface area contributed by atoms with Crippen molar-refractivity contribution in [2.45, 2.75) is 18.4 Å². The minimum Gasteiger partial charge on any atom is -0.495 e. The van der Waals surface area contributed by atoms with Gasteiger partial charge in [0.15, 0.2) is 0 Å². The summed E-state index contributed by atoms with van der Waals surface area (Å²) in [5.41, 5.74) is 1.82. The van der Waals surface area contributed by atoms with Crippen molar-refractivity contribution in [1.29, 1.82) is 0 Å². The summed E-state index contributed by atoms with van der Waals surface area (Å²) in [6.45, 7) is 1.72. The number of nitrogens with zero attached hydrogens (tertiary/aromatic N) is 2. The third-order valence-electron chi connectivity index (χ3n) is 4.96. The SMILES string of the molecule is COc1ccc(CN2C(=O)c3cccnc3C2=O)cc1S(=O)(=O)Nc1ccc(C)cc1Cl. The number of benzene rings is 2. The molecule has 0 atom stereocenters. The lowest BCUT2D eigenvalue weighted by molar-refractivity contribution is 0.0640. The van der Waals surface area contributed by atoms with Crippen molar-refractivity contribution >= 4 is 39.1 Å². The average Bonchev–Trinajstić information content (AvgIpc) is 3.01. The highest BCUT2D eigenvalue weighted by Gasteiger charge is 2.36. The van der Waals surface area contributed by atoms with Crippen LogP contribution in [0.15, 0.2) is 59.6 Å². The number of aryl methyl sites for hydroxylation is 1. The van der Waals surface area contributed by atoms with Crippen LogP contribution >= 0.6 is 11.6 Å².